The lowest BCUT2D eigenvalue weighted by Gasteiger charge is -2.51. The Bertz CT molecular complexity index is 1650. The summed E-state index contributed by atoms with van der Waals surface area (Å²) in [4.78, 5) is 42.5. The summed E-state index contributed by atoms with van der Waals surface area (Å²) >= 11 is 0. The fraction of sp³-hybridized carbons (Fsp3) is 0.206. The maximum atomic E-state index is 14.3. The molecule has 4 aromatic rings. The van der Waals surface area contributed by atoms with Crippen LogP contribution in [0.15, 0.2) is 97.1 Å². The third-order valence-corrected chi connectivity index (χ3v) is 8.83. The topological polar surface area (TPSA) is 72.9 Å². The van der Waals surface area contributed by atoms with Gasteiger partial charge in [0, 0.05) is 17.9 Å². The highest BCUT2D eigenvalue weighted by atomic mass is 16.5. The number of amides is 2. The quantitative estimate of drug-likeness (QED) is 0.190. The van der Waals surface area contributed by atoms with Crippen molar-refractivity contribution in [2.24, 2.45) is 11.3 Å². The molecule has 2 unspecified atom stereocenters. The number of methoxy groups -OCH3 is 1. The second-order valence-electron chi connectivity index (χ2n) is 10.9. The molecule has 1 fully saturated rings. The summed E-state index contributed by atoms with van der Waals surface area (Å²) in [5, 5.41) is 0. The van der Waals surface area contributed by atoms with E-state index >= 15 is 0 Å². The number of benzene rings is 4. The third kappa shape index (κ3) is 3.38. The molecule has 1 aliphatic heterocycles. The molecule has 6 nitrogen and oxygen atoms in total. The highest BCUT2D eigenvalue weighted by Gasteiger charge is 2.68. The first-order valence-electron chi connectivity index (χ1n) is 13.4. The van der Waals surface area contributed by atoms with Crippen LogP contribution in [0.3, 0.4) is 0 Å². The molecule has 198 valence electrons. The van der Waals surface area contributed by atoms with E-state index in [4.69, 9.17) is 9.47 Å². The lowest BCUT2D eigenvalue weighted by atomic mass is 9.48. The molecule has 1 heterocycles. The SMILES string of the molecule is COc1ccc(CC(=O)Oc2cccc(N3C(=O)C4C5c6ccccc6C(c6ccccc65)C4(C)C3=O)c2)cc1. The van der Waals surface area contributed by atoms with Gasteiger partial charge in [-0.1, -0.05) is 66.7 Å². The number of esters is 1. The third-order valence-electron chi connectivity index (χ3n) is 8.83. The van der Waals surface area contributed by atoms with Crippen LogP contribution in [0.1, 0.15) is 46.6 Å². The van der Waals surface area contributed by atoms with E-state index in [0.717, 1.165) is 27.8 Å². The standard InChI is InChI=1S/C34H27NO5/c1-34-30-26-12-5-3-10-24(26)29(25-11-4-6-13-27(25)30)31(34)32(37)35(33(34)38)21-8-7-9-23(19-21)40-28(36)18-20-14-16-22(39-2)17-15-20/h3-17,19,29-31H,18H2,1-2H3. The van der Waals surface area contributed by atoms with Gasteiger partial charge in [-0.05, 0) is 59.0 Å². The molecule has 4 aliphatic rings. The Kier molecular flexibility index (Phi) is 5.42. The van der Waals surface area contributed by atoms with Crippen molar-refractivity contribution >= 4 is 23.5 Å². The molecule has 2 atom stereocenters. The van der Waals surface area contributed by atoms with E-state index in [1.165, 1.54) is 4.90 Å². The Hall–Kier alpha value is -4.71. The van der Waals surface area contributed by atoms with E-state index in [1.54, 1.807) is 43.5 Å². The first-order chi connectivity index (χ1) is 19.4. The van der Waals surface area contributed by atoms with Gasteiger partial charge in [-0.2, -0.15) is 0 Å². The van der Waals surface area contributed by atoms with Gasteiger partial charge in [-0.25, -0.2) is 4.90 Å². The zero-order valence-electron chi connectivity index (χ0n) is 22.2. The number of ether oxygens (including phenoxy) is 2. The van der Waals surface area contributed by atoms with Crippen LogP contribution in [0.2, 0.25) is 0 Å². The van der Waals surface area contributed by atoms with Gasteiger partial charge in [0.25, 0.3) is 0 Å². The Balaban J connectivity index is 1.21. The van der Waals surface area contributed by atoms with Crippen LogP contribution < -0.4 is 14.4 Å². The van der Waals surface area contributed by atoms with Crippen LogP contribution in [-0.4, -0.2) is 24.9 Å². The molecule has 0 spiro atoms. The molecular formula is C34H27NO5. The largest absolute Gasteiger partial charge is 0.497 e. The van der Waals surface area contributed by atoms with Crippen LogP contribution >= 0.6 is 0 Å². The lowest BCUT2D eigenvalue weighted by Crippen LogP contribution is -2.49. The van der Waals surface area contributed by atoms with Gasteiger partial charge in [-0.3, -0.25) is 14.4 Å². The molecule has 40 heavy (non-hydrogen) atoms. The van der Waals surface area contributed by atoms with Crippen molar-refractivity contribution in [3.8, 4) is 11.5 Å². The van der Waals surface area contributed by atoms with Crippen molar-refractivity contribution in [1.82, 2.24) is 0 Å². The molecule has 0 N–H and O–H groups in total. The van der Waals surface area contributed by atoms with Crippen LogP contribution in [0.4, 0.5) is 5.69 Å². The molecular weight excluding hydrogens is 502 g/mol. The van der Waals surface area contributed by atoms with E-state index in [0.29, 0.717) is 11.4 Å². The van der Waals surface area contributed by atoms with E-state index in [-0.39, 0.29) is 35.8 Å². The lowest BCUT2D eigenvalue weighted by molar-refractivity contribution is -0.133. The average molecular weight is 530 g/mol. The summed E-state index contributed by atoms with van der Waals surface area (Å²) in [6.45, 7) is 1.94. The van der Waals surface area contributed by atoms with Crippen LogP contribution in [0.5, 0.6) is 11.5 Å². The zero-order valence-corrected chi connectivity index (χ0v) is 22.2. The first-order valence-corrected chi connectivity index (χ1v) is 13.4. The van der Waals surface area contributed by atoms with E-state index in [1.807, 2.05) is 43.3 Å². The van der Waals surface area contributed by atoms with Crippen molar-refractivity contribution < 1.29 is 23.9 Å². The van der Waals surface area contributed by atoms with Crippen molar-refractivity contribution in [2.75, 3.05) is 12.0 Å². The number of carbonyl (C=O) groups excluding carboxylic acids is 3. The Morgan fingerprint density at radius 2 is 1.43 bits per heavy atom. The van der Waals surface area contributed by atoms with Gasteiger partial charge in [0.1, 0.15) is 11.5 Å². The monoisotopic (exact) mass is 529 g/mol. The van der Waals surface area contributed by atoms with Crippen LogP contribution in [0.25, 0.3) is 0 Å². The molecule has 1 saturated heterocycles. The van der Waals surface area contributed by atoms with Crippen LogP contribution in [-0.2, 0) is 20.8 Å². The summed E-state index contributed by atoms with van der Waals surface area (Å²) < 4.78 is 10.8. The number of nitrogens with zero attached hydrogens (tertiary/aromatic N) is 1. The molecule has 0 radical (unpaired) electrons. The maximum Gasteiger partial charge on any atom is 0.315 e. The number of rotatable bonds is 5. The molecule has 8 rings (SSSR count). The summed E-state index contributed by atoms with van der Waals surface area (Å²) in [7, 11) is 1.59. The minimum absolute atomic E-state index is 0.0792. The van der Waals surface area contributed by atoms with Crippen molar-refractivity contribution in [3.63, 3.8) is 0 Å². The summed E-state index contributed by atoms with van der Waals surface area (Å²) in [6.07, 6.45) is 0.0792. The van der Waals surface area contributed by atoms with Gasteiger partial charge in [-0.15, -0.1) is 0 Å². The summed E-state index contributed by atoms with van der Waals surface area (Å²) in [5.74, 6) is -0.820. The minimum Gasteiger partial charge on any atom is -0.497 e. The number of imide groups is 1. The number of hydrogen-bond acceptors (Lipinski definition) is 5. The molecule has 2 bridgehead atoms. The molecule has 3 aliphatic carbocycles. The molecule has 2 amide bonds. The predicted octanol–water partition coefficient (Wildman–Crippen LogP) is 5.63. The van der Waals surface area contributed by atoms with Crippen molar-refractivity contribution in [1.29, 1.82) is 0 Å². The minimum atomic E-state index is -0.925. The van der Waals surface area contributed by atoms with Crippen molar-refractivity contribution in [2.45, 2.75) is 25.2 Å². The number of anilines is 1. The van der Waals surface area contributed by atoms with Crippen LogP contribution in [0, 0.1) is 11.3 Å². The molecule has 6 heteroatoms. The highest BCUT2D eigenvalue weighted by Crippen LogP contribution is 2.67. The molecule has 0 saturated carbocycles. The summed E-state index contributed by atoms with van der Waals surface area (Å²) in [5.41, 5.74) is 4.76. The first kappa shape index (κ1) is 24.3. The molecule has 0 aromatic heterocycles. The maximum absolute atomic E-state index is 14.3. The van der Waals surface area contributed by atoms with E-state index in [9.17, 15) is 14.4 Å². The number of carbonyl (C=O) groups is 3. The second-order valence-corrected chi connectivity index (χ2v) is 10.9. The summed E-state index contributed by atoms with van der Waals surface area (Å²) in [6, 6.07) is 30.3. The normalized spacial score (nSPS) is 23.9. The number of hydrogen-bond donors (Lipinski definition) is 0. The van der Waals surface area contributed by atoms with Crippen molar-refractivity contribution in [3.05, 3.63) is 125 Å². The predicted molar refractivity (Wildman–Crippen MR) is 149 cm³/mol. The smallest absolute Gasteiger partial charge is 0.315 e. The van der Waals surface area contributed by atoms with Gasteiger partial charge in [0.15, 0.2) is 0 Å². The van der Waals surface area contributed by atoms with Gasteiger partial charge in [0.2, 0.25) is 11.8 Å². The fourth-order valence-electron chi connectivity index (χ4n) is 7.12. The Morgan fingerprint density at radius 1 is 0.800 bits per heavy atom. The van der Waals surface area contributed by atoms with E-state index in [2.05, 4.69) is 24.3 Å². The zero-order chi connectivity index (χ0) is 27.6. The van der Waals surface area contributed by atoms with Gasteiger partial charge >= 0.3 is 5.97 Å². The van der Waals surface area contributed by atoms with Gasteiger partial charge < -0.3 is 9.47 Å². The van der Waals surface area contributed by atoms with Gasteiger partial charge in [0.05, 0.1) is 30.6 Å². The Morgan fingerprint density at radius 3 is 2.05 bits per heavy atom. The highest BCUT2D eigenvalue weighted by molar-refractivity contribution is 6.25. The Labute approximate surface area is 232 Å². The molecule has 4 aromatic carbocycles. The average Bonchev–Trinajstić information content (AvgIpc) is 3.18. The fourth-order valence-corrected chi connectivity index (χ4v) is 7.12. The second kappa shape index (κ2) is 8.91. The van der Waals surface area contributed by atoms with E-state index < -0.39 is 17.3 Å².